The van der Waals surface area contributed by atoms with Crippen molar-refractivity contribution in [3.8, 4) is 0 Å². The quantitative estimate of drug-likeness (QED) is 0.843. The van der Waals surface area contributed by atoms with Crippen LogP contribution >= 0.6 is 11.8 Å². The van der Waals surface area contributed by atoms with Crippen molar-refractivity contribution in [3.63, 3.8) is 0 Å². The van der Waals surface area contributed by atoms with E-state index in [0.717, 1.165) is 11.7 Å². The van der Waals surface area contributed by atoms with Crippen molar-refractivity contribution >= 4 is 17.7 Å². The number of carbonyl (C=O) groups is 1. The van der Waals surface area contributed by atoms with Crippen LogP contribution in [0.1, 0.15) is 43.2 Å². The number of benzene rings is 1. The van der Waals surface area contributed by atoms with Crippen molar-refractivity contribution < 1.29 is 4.79 Å². The van der Waals surface area contributed by atoms with Gasteiger partial charge >= 0.3 is 0 Å². The summed E-state index contributed by atoms with van der Waals surface area (Å²) in [4.78, 5) is 14.9. The Morgan fingerprint density at radius 2 is 2.00 bits per heavy atom. The predicted molar refractivity (Wildman–Crippen MR) is 89.7 cm³/mol. The van der Waals surface area contributed by atoms with Crippen LogP contribution in [0.15, 0.2) is 24.3 Å². The van der Waals surface area contributed by atoms with Crippen LogP contribution in [0.4, 0.5) is 0 Å². The van der Waals surface area contributed by atoms with Gasteiger partial charge in [0.25, 0.3) is 0 Å². The van der Waals surface area contributed by atoms with Crippen molar-refractivity contribution in [2.24, 2.45) is 0 Å². The van der Waals surface area contributed by atoms with Crippen molar-refractivity contribution in [1.29, 1.82) is 0 Å². The van der Waals surface area contributed by atoms with Crippen molar-refractivity contribution in [2.75, 3.05) is 6.26 Å². The minimum absolute atomic E-state index is 0.378. The Morgan fingerprint density at radius 3 is 2.62 bits per heavy atom. The molecular formula is C18H25NOS. The van der Waals surface area contributed by atoms with Gasteiger partial charge in [-0.1, -0.05) is 29.8 Å². The summed E-state index contributed by atoms with van der Waals surface area (Å²) in [5.74, 6) is 0.378. The number of amides is 1. The van der Waals surface area contributed by atoms with Crippen molar-refractivity contribution in [3.05, 3.63) is 35.4 Å². The van der Waals surface area contributed by atoms with Crippen LogP contribution in [-0.2, 0) is 11.2 Å². The average Bonchev–Trinajstić information content (AvgIpc) is 2.75. The van der Waals surface area contributed by atoms with Gasteiger partial charge in [0.05, 0.1) is 0 Å². The molecule has 2 saturated heterocycles. The van der Waals surface area contributed by atoms with Gasteiger partial charge < -0.3 is 4.90 Å². The zero-order valence-electron chi connectivity index (χ0n) is 13.0. The Bertz CT molecular complexity index is 502. The smallest absolute Gasteiger partial charge is 0.223 e. The zero-order chi connectivity index (χ0) is 14.8. The Kier molecular flexibility index (Phi) is 4.58. The zero-order valence-corrected chi connectivity index (χ0v) is 13.9. The van der Waals surface area contributed by atoms with Gasteiger partial charge in [0.1, 0.15) is 0 Å². The summed E-state index contributed by atoms with van der Waals surface area (Å²) in [6, 6.07) is 9.57. The maximum absolute atomic E-state index is 12.6. The van der Waals surface area contributed by atoms with E-state index < -0.39 is 0 Å². The first kappa shape index (κ1) is 15.0. The van der Waals surface area contributed by atoms with Crippen LogP contribution in [0, 0.1) is 6.92 Å². The summed E-state index contributed by atoms with van der Waals surface area (Å²) in [5.41, 5.74) is 2.57. The van der Waals surface area contributed by atoms with Crippen molar-refractivity contribution in [2.45, 2.75) is 62.8 Å². The normalized spacial score (nSPS) is 27.9. The van der Waals surface area contributed by atoms with Gasteiger partial charge in [-0.2, -0.15) is 11.8 Å². The fourth-order valence-corrected chi connectivity index (χ4v) is 4.80. The molecule has 2 unspecified atom stereocenters. The molecule has 2 aliphatic rings. The number of nitrogens with zero attached hydrogens (tertiary/aromatic N) is 1. The Balaban J connectivity index is 1.59. The molecule has 2 heterocycles. The van der Waals surface area contributed by atoms with Crippen LogP contribution in [0.25, 0.3) is 0 Å². The van der Waals surface area contributed by atoms with Crippen molar-refractivity contribution in [1.82, 2.24) is 4.90 Å². The molecule has 2 aliphatic heterocycles. The van der Waals surface area contributed by atoms with E-state index in [4.69, 9.17) is 0 Å². The van der Waals surface area contributed by atoms with Gasteiger partial charge in [0.2, 0.25) is 5.91 Å². The van der Waals surface area contributed by atoms with Gasteiger partial charge in [-0.15, -0.1) is 0 Å². The van der Waals surface area contributed by atoms with Gasteiger partial charge in [-0.25, -0.2) is 0 Å². The van der Waals surface area contributed by atoms with E-state index >= 15 is 0 Å². The maximum Gasteiger partial charge on any atom is 0.223 e. The number of hydrogen-bond acceptors (Lipinski definition) is 2. The van der Waals surface area contributed by atoms with Gasteiger partial charge in [-0.05, 0) is 50.8 Å². The second-order valence-corrected chi connectivity index (χ2v) is 7.64. The molecule has 0 aromatic heterocycles. The largest absolute Gasteiger partial charge is 0.337 e. The minimum Gasteiger partial charge on any atom is -0.337 e. The molecule has 0 radical (unpaired) electrons. The van der Waals surface area contributed by atoms with Crippen LogP contribution in [0.3, 0.4) is 0 Å². The second kappa shape index (κ2) is 6.43. The molecule has 2 atom stereocenters. The minimum atomic E-state index is 0.378. The lowest BCUT2D eigenvalue weighted by Crippen LogP contribution is -2.47. The lowest BCUT2D eigenvalue weighted by Gasteiger charge is -2.38. The Hall–Kier alpha value is -0.960. The highest BCUT2D eigenvalue weighted by Crippen LogP contribution is 2.39. The fourth-order valence-electron chi connectivity index (χ4n) is 3.97. The molecule has 0 saturated carbocycles. The molecule has 1 amide bonds. The summed E-state index contributed by atoms with van der Waals surface area (Å²) in [6.07, 6.45) is 8.60. The average molecular weight is 303 g/mol. The number of thioether (sulfide) groups is 1. The Morgan fingerprint density at radius 1 is 1.29 bits per heavy atom. The number of fused-ring (bicyclic) bond motifs is 2. The van der Waals surface area contributed by atoms with E-state index in [9.17, 15) is 4.79 Å². The Labute approximate surface area is 132 Å². The van der Waals surface area contributed by atoms with Gasteiger partial charge in [0, 0.05) is 23.8 Å². The maximum atomic E-state index is 12.6. The fraction of sp³-hybridized carbons (Fsp3) is 0.611. The first-order valence-electron chi connectivity index (χ1n) is 8.07. The monoisotopic (exact) mass is 303 g/mol. The molecule has 3 heteroatoms. The van der Waals surface area contributed by atoms with Crippen LogP contribution < -0.4 is 0 Å². The first-order valence-corrected chi connectivity index (χ1v) is 9.35. The molecule has 2 fully saturated rings. The molecule has 0 N–H and O–H groups in total. The number of rotatable bonds is 4. The molecule has 0 spiro atoms. The van der Waals surface area contributed by atoms with Crippen LogP contribution in [-0.4, -0.2) is 34.4 Å². The molecular weight excluding hydrogens is 278 g/mol. The topological polar surface area (TPSA) is 20.3 Å². The van der Waals surface area contributed by atoms with Gasteiger partial charge in [0.15, 0.2) is 0 Å². The lowest BCUT2D eigenvalue weighted by molar-refractivity contribution is -0.135. The summed E-state index contributed by atoms with van der Waals surface area (Å²) < 4.78 is 0. The third kappa shape index (κ3) is 3.28. The number of carbonyl (C=O) groups excluding carboxylic acids is 1. The SMILES string of the molecule is CSC1CC2CCC(C1)N2C(=O)CCc1cccc(C)c1. The summed E-state index contributed by atoms with van der Waals surface area (Å²) in [5, 5.41) is 0.767. The number of hydrogen-bond donors (Lipinski definition) is 0. The predicted octanol–water partition coefficient (Wildman–Crippen LogP) is 3.81. The van der Waals surface area contributed by atoms with E-state index in [2.05, 4.69) is 42.3 Å². The summed E-state index contributed by atoms with van der Waals surface area (Å²) >= 11 is 1.98. The molecule has 0 aliphatic carbocycles. The van der Waals surface area contributed by atoms with E-state index in [1.165, 1.54) is 36.8 Å². The molecule has 114 valence electrons. The molecule has 2 bridgehead atoms. The van der Waals surface area contributed by atoms with Crippen LogP contribution in [0.2, 0.25) is 0 Å². The van der Waals surface area contributed by atoms with E-state index in [0.29, 0.717) is 24.4 Å². The van der Waals surface area contributed by atoms with Crippen LogP contribution in [0.5, 0.6) is 0 Å². The third-order valence-electron chi connectivity index (χ3n) is 5.02. The van der Waals surface area contributed by atoms with Gasteiger partial charge in [-0.3, -0.25) is 4.79 Å². The third-order valence-corrected chi connectivity index (χ3v) is 6.07. The molecule has 2 nitrogen and oxygen atoms in total. The van der Waals surface area contributed by atoms with E-state index in [1.54, 1.807) is 0 Å². The second-order valence-electron chi connectivity index (χ2n) is 6.50. The standard InChI is InChI=1S/C18H25NOS/c1-13-4-3-5-14(10-13)6-9-18(20)19-15-7-8-16(19)12-17(11-15)21-2/h3-5,10,15-17H,6-9,11-12H2,1-2H3. The highest BCUT2D eigenvalue weighted by atomic mass is 32.2. The van der Waals surface area contributed by atoms with E-state index in [1.807, 2.05) is 11.8 Å². The lowest BCUT2D eigenvalue weighted by atomic mass is 10.0. The summed E-state index contributed by atoms with van der Waals surface area (Å²) in [7, 11) is 0. The molecule has 21 heavy (non-hydrogen) atoms. The number of aryl methyl sites for hydroxylation is 2. The molecule has 1 aromatic rings. The highest BCUT2D eigenvalue weighted by molar-refractivity contribution is 7.99. The molecule has 1 aromatic carbocycles. The number of piperidine rings is 1. The highest BCUT2D eigenvalue weighted by Gasteiger charge is 2.42. The summed E-state index contributed by atoms with van der Waals surface area (Å²) in [6.45, 7) is 2.11. The molecule has 3 rings (SSSR count). The first-order chi connectivity index (χ1) is 10.2. The van der Waals surface area contributed by atoms with E-state index in [-0.39, 0.29) is 0 Å².